The lowest BCUT2D eigenvalue weighted by atomic mass is 10.0. The Bertz CT molecular complexity index is 232. The molecule has 0 rings (SSSR count). The summed E-state index contributed by atoms with van der Waals surface area (Å²) in [6, 6.07) is 0. The van der Waals surface area contributed by atoms with Crippen LogP contribution in [0, 0.1) is 0 Å². The fourth-order valence-electron chi connectivity index (χ4n) is 0.776. The minimum absolute atomic E-state index is 0.0185. The third-order valence-corrected chi connectivity index (χ3v) is 1.88. The molecule has 18 heavy (non-hydrogen) atoms. The molecule has 0 aromatic carbocycles. The third kappa shape index (κ3) is 9.16. The van der Waals surface area contributed by atoms with Gasteiger partial charge in [0.2, 0.25) is 0 Å². The minimum Gasteiger partial charge on any atom is -0.396 e. The summed E-state index contributed by atoms with van der Waals surface area (Å²) in [6.45, 7) is 0.676. The van der Waals surface area contributed by atoms with E-state index in [2.05, 4.69) is 0 Å². The zero-order valence-electron chi connectivity index (χ0n) is 10.0. The van der Waals surface area contributed by atoms with Crippen molar-refractivity contribution in [1.29, 1.82) is 0 Å². The summed E-state index contributed by atoms with van der Waals surface area (Å²) in [6.07, 6.45) is -6.55. The molecule has 8 nitrogen and oxygen atoms in total. The zero-order chi connectivity index (χ0) is 14.7. The number of aliphatic hydroxyl groups is 6. The molecule has 0 aromatic rings. The van der Waals surface area contributed by atoms with Crippen molar-refractivity contribution in [2.75, 3.05) is 13.2 Å². The molecule has 8 heteroatoms. The predicted molar refractivity (Wildman–Crippen MR) is 59.6 cm³/mol. The zero-order valence-corrected chi connectivity index (χ0v) is 10.0. The lowest BCUT2D eigenvalue weighted by Crippen LogP contribution is -2.46. The lowest BCUT2D eigenvalue weighted by Gasteiger charge is -2.22. The van der Waals surface area contributed by atoms with Crippen molar-refractivity contribution < 1.29 is 40.2 Å². The maximum absolute atomic E-state index is 9.90. The Labute approximate surface area is 104 Å². The van der Waals surface area contributed by atoms with Gasteiger partial charge < -0.3 is 35.4 Å². The highest BCUT2D eigenvalue weighted by atomic mass is 16.4. The van der Waals surface area contributed by atoms with Crippen LogP contribution in [-0.2, 0) is 9.59 Å². The van der Waals surface area contributed by atoms with Crippen molar-refractivity contribution in [3.8, 4) is 0 Å². The molecule has 108 valence electrons. The van der Waals surface area contributed by atoms with Gasteiger partial charge in [-0.2, -0.15) is 0 Å². The average molecular weight is 268 g/mol. The highest BCUT2D eigenvalue weighted by Gasteiger charge is 2.29. The van der Waals surface area contributed by atoms with Crippen LogP contribution in [0.1, 0.15) is 13.3 Å². The molecular formula is C10H20O8. The van der Waals surface area contributed by atoms with Crippen LogP contribution >= 0.6 is 0 Å². The Hall–Kier alpha value is -0.900. The Balaban J connectivity index is 0. The van der Waals surface area contributed by atoms with Gasteiger partial charge >= 0.3 is 0 Å². The number of rotatable bonds is 7. The highest BCUT2D eigenvalue weighted by molar-refractivity contribution is 5.75. The maximum Gasteiger partial charge on any atom is 0.151 e. The molecule has 0 aliphatic carbocycles. The van der Waals surface area contributed by atoms with Crippen molar-refractivity contribution in [3.05, 3.63) is 0 Å². The van der Waals surface area contributed by atoms with Crippen LogP contribution in [-0.4, -0.2) is 80.3 Å². The summed E-state index contributed by atoms with van der Waals surface area (Å²) in [5.74, 6) is 0.0394. The SMILES string of the molecule is CC(=O)CCO.O=CC(O)C(O)C(O)C(O)CO. The molecule has 0 aliphatic heterocycles. The van der Waals surface area contributed by atoms with Crippen LogP contribution in [0.5, 0.6) is 0 Å². The van der Waals surface area contributed by atoms with E-state index >= 15 is 0 Å². The van der Waals surface area contributed by atoms with Gasteiger partial charge in [0, 0.05) is 13.0 Å². The Morgan fingerprint density at radius 2 is 1.61 bits per heavy atom. The monoisotopic (exact) mass is 268 g/mol. The second-order valence-electron chi connectivity index (χ2n) is 3.53. The molecule has 0 saturated heterocycles. The van der Waals surface area contributed by atoms with Gasteiger partial charge in [-0.3, -0.25) is 4.79 Å². The summed E-state index contributed by atoms with van der Waals surface area (Å²) >= 11 is 0. The number of carbonyl (C=O) groups is 2. The summed E-state index contributed by atoms with van der Waals surface area (Å²) in [5.41, 5.74) is 0. The first-order chi connectivity index (χ1) is 8.31. The number of aldehydes is 1. The smallest absolute Gasteiger partial charge is 0.151 e. The number of aliphatic hydroxyl groups excluding tert-OH is 6. The van der Waals surface area contributed by atoms with Gasteiger partial charge in [0.25, 0.3) is 0 Å². The van der Waals surface area contributed by atoms with Gasteiger partial charge in [0.15, 0.2) is 6.29 Å². The number of Topliss-reactive ketones (excluding diaryl/α,β-unsaturated/α-hetero) is 1. The van der Waals surface area contributed by atoms with Gasteiger partial charge in [-0.1, -0.05) is 0 Å². The summed E-state index contributed by atoms with van der Waals surface area (Å²) in [5, 5.41) is 51.6. The van der Waals surface area contributed by atoms with Crippen LogP contribution in [0.25, 0.3) is 0 Å². The highest BCUT2D eigenvalue weighted by Crippen LogP contribution is 2.02. The molecule has 6 N–H and O–H groups in total. The standard InChI is InChI=1S/C6H12O6.C4H8O2/c7-1-3(9)5(11)6(12)4(10)2-8;1-4(6)2-3-5/h1,3-6,8-12H,2H2;5H,2-3H2,1H3. The number of hydrogen-bond acceptors (Lipinski definition) is 8. The van der Waals surface area contributed by atoms with Gasteiger partial charge in [-0.05, 0) is 6.92 Å². The molecule has 0 fully saturated rings. The van der Waals surface area contributed by atoms with E-state index in [0.717, 1.165) is 0 Å². The molecule has 0 heterocycles. The van der Waals surface area contributed by atoms with Crippen molar-refractivity contribution in [3.63, 3.8) is 0 Å². The van der Waals surface area contributed by atoms with Gasteiger partial charge in [-0.15, -0.1) is 0 Å². The molecule has 0 spiro atoms. The predicted octanol–water partition coefficient (Wildman–Crippen LogP) is -3.42. The number of hydrogen-bond donors (Lipinski definition) is 6. The van der Waals surface area contributed by atoms with Crippen molar-refractivity contribution >= 4 is 12.1 Å². The maximum atomic E-state index is 9.90. The van der Waals surface area contributed by atoms with E-state index in [1.54, 1.807) is 0 Å². The molecule has 0 bridgehead atoms. The van der Waals surface area contributed by atoms with Crippen LogP contribution in [0.4, 0.5) is 0 Å². The number of carbonyl (C=O) groups excluding carboxylic acids is 2. The topological polar surface area (TPSA) is 156 Å². The first-order valence-corrected chi connectivity index (χ1v) is 5.20. The molecule has 0 aromatic heterocycles. The Morgan fingerprint density at radius 3 is 1.83 bits per heavy atom. The van der Waals surface area contributed by atoms with E-state index in [9.17, 15) is 9.59 Å². The molecule has 4 atom stereocenters. The molecule has 0 radical (unpaired) electrons. The Morgan fingerprint density at radius 1 is 1.11 bits per heavy atom. The quantitative estimate of drug-likeness (QED) is 0.261. The van der Waals surface area contributed by atoms with Crippen LogP contribution in [0.15, 0.2) is 0 Å². The first kappa shape index (κ1) is 19.4. The summed E-state index contributed by atoms with van der Waals surface area (Å²) in [4.78, 5) is 19.8. The molecule has 4 unspecified atom stereocenters. The molecular weight excluding hydrogens is 248 g/mol. The summed E-state index contributed by atoms with van der Waals surface area (Å²) in [7, 11) is 0. The van der Waals surface area contributed by atoms with Crippen LogP contribution < -0.4 is 0 Å². The average Bonchev–Trinajstić information content (AvgIpc) is 2.35. The Kier molecular flexibility index (Phi) is 12.1. The van der Waals surface area contributed by atoms with Crippen LogP contribution in [0.3, 0.4) is 0 Å². The number of ketones is 1. The fourth-order valence-corrected chi connectivity index (χ4v) is 0.776. The van der Waals surface area contributed by atoms with E-state index in [4.69, 9.17) is 30.6 Å². The largest absolute Gasteiger partial charge is 0.396 e. The van der Waals surface area contributed by atoms with Crippen molar-refractivity contribution in [1.82, 2.24) is 0 Å². The van der Waals surface area contributed by atoms with Gasteiger partial charge in [0.05, 0.1) is 6.61 Å². The summed E-state index contributed by atoms with van der Waals surface area (Å²) < 4.78 is 0. The fraction of sp³-hybridized carbons (Fsp3) is 0.800. The second-order valence-corrected chi connectivity index (χ2v) is 3.53. The van der Waals surface area contributed by atoms with Gasteiger partial charge in [0.1, 0.15) is 30.2 Å². The van der Waals surface area contributed by atoms with Crippen molar-refractivity contribution in [2.45, 2.75) is 37.8 Å². The van der Waals surface area contributed by atoms with E-state index in [1.807, 2.05) is 0 Å². The van der Waals surface area contributed by atoms with E-state index in [0.29, 0.717) is 6.42 Å². The van der Waals surface area contributed by atoms with E-state index in [1.165, 1.54) is 6.92 Å². The lowest BCUT2D eigenvalue weighted by molar-refractivity contribution is -0.136. The normalized spacial score (nSPS) is 16.8. The molecule has 0 amide bonds. The third-order valence-electron chi connectivity index (χ3n) is 1.88. The van der Waals surface area contributed by atoms with Crippen molar-refractivity contribution in [2.24, 2.45) is 0 Å². The molecule has 0 saturated carbocycles. The second kappa shape index (κ2) is 11.2. The van der Waals surface area contributed by atoms with E-state index in [-0.39, 0.29) is 18.7 Å². The minimum atomic E-state index is -1.79. The van der Waals surface area contributed by atoms with E-state index < -0.39 is 31.0 Å². The van der Waals surface area contributed by atoms with Crippen LogP contribution in [0.2, 0.25) is 0 Å². The first-order valence-electron chi connectivity index (χ1n) is 5.20. The van der Waals surface area contributed by atoms with Gasteiger partial charge in [-0.25, -0.2) is 0 Å². The molecule has 0 aliphatic rings.